The third-order valence-electron chi connectivity index (χ3n) is 2.27. The Kier molecular flexibility index (Phi) is 4.75. The Labute approximate surface area is 110 Å². The first-order valence-corrected chi connectivity index (χ1v) is 5.75. The predicted octanol–water partition coefficient (Wildman–Crippen LogP) is 3.44. The van der Waals surface area contributed by atoms with Crippen LogP contribution in [-0.4, -0.2) is 19.1 Å². The summed E-state index contributed by atoms with van der Waals surface area (Å²) in [5.41, 5.74) is -0.773. The van der Waals surface area contributed by atoms with Gasteiger partial charge in [0, 0.05) is 11.6 Å². The molecule has 0 saturated carbocycles. The molecule has 0 heterocycles. The smallest absolute Gasteiger partial charge is 0.372 e. The van der Waals surface area contributed by atoms with Crippen LogP contribution >= 0.6 is 15.9 Å². The minimum atomic E-state index is -4.45. The van der Waals surface area contributed by atoms with Crippen LogP contribution < -0.4 is 5.32 Å². The van der Waals surface area contributed by atoms with Crippen LogP contribution in [0.15, 0.2) is 22.7 Å². The van der Waals surface area contributed by atoms with Crippen LogP contribution in [-0.2, 0) is 15.7 Å². The van der Waals surface area contributed by atoms with Gasteiger partial charge in [-0.2, -0.15) is 13.2 Å². The highest BCUT2D eigenvalue weighted by atomic mass is 79.9. The molecular formula is C11H11BrF3NO2. The Hall–Kier alpha value is -1.08. The second-order valence-corrected chi connectivity index (χ2v) is 4.41. The van der Waals surface area contributed by atoms with E-state index in [0.29, 0.717) is 4.47 Å². The van der Waals surface area contributed by atoms with E-state index in [1.165, 1.54) is 20.1 Å². The minimum absolute atomic E-state index is 0.0544. The monoisotopic (exact) mass is 325 g/mol. The summed E-state index contributed by atoms with van der Waals surface area (Å²) in [4.78, 5) is 11.5. The number of halogens is 4. The first-order chi connectivity index (χ1) is 8.25. The maximum Gasteiger partial charge on any atom is 0.416 e. The molecule has 1 atom stereocenters. The maximum atomic E-state index is 12.5. The topological polar surface area (TPSA) is 38.3 Å². The number of benzene rings is 1. The van der Waals surface area contributed by atoms with Crippen LogP contribution in [0.1, 0.15) is 12.5 Å². The molecule has 1 aromatic carbocycles. The summed E-state index contributed by atoms with van der Waals surface area (Å²) in [7, 11) is 1.34. The molecule has 100 valence electrons. The molecular weight excluding hydrogens is 315 g/mol. The molecule has 0 fully saturated rings. The highest BCUT2D eigenvalue weighted by molar-refractivity contribution is 9.10. The lowest BCUT2D eigenvalue weighted by Crippen LogP contribution is -2.26. The number of alkyl halides is 3. The molecule has 0 aliphatic rings. The average Bonchev–Trinajstić information content (AvgIpc) is 2.29. The van der Waals surface area contributed by atoms with Crippen LogP contribution in [0.25, 0.3) is 0 Å². The largest absolute Gasteiger partial charge is 0.416 e. The number of ether oxygens (including phenoxy) is 1. The van der Waals surface area contributed by atoms with Crippen molar-refractivity contribution in [2.75, 3.05) is 12.4 Å². The first-order valence-electron chi connectivity index (χ1n) is 4.96. The van der Waals surface area contributed by atoms with Crippen molar-refractivity contribution in [2.45, 2.75) is 19.2 Å². The fourth-order valence-corrected chi connectivity index (χ4v) is 1.48. The summed E-state index contributed by atoms with van der Waals surface area (Å²) in [5.74, 6) is -0.516. The van der Waals surface area contributed by atoms with Crippen LogP contribution in [0, 0.1) is 0 Å². The van der Waals surface area contributed by atoms with Crippen molar-refractivity contribution >= 4 is 27.5 Å². The Morgan fingerprint density at radius 2 is 2.06 bits per heavy atom. The number of hydrogen-bond donors (Lipinski definition) is 1. The van der Waals surface area contributed by atoms with Crippen molar-refractivity contribution in [3.05, 3.63) is 28.2 Å². The van der Waals surface area contributed by atoms with Gasteiger partial charge in [0.05, 0.1) is 11.3 Å². The number of carbonyl (C=O) groups is 1. The van der Waals surface area contributed by atoms with E-state index < -0.39 is 23.8 Å². The van der Waals surface area contributed by atoms with Gasteiger partial charge in [0.2, 0.25) is 0 Å². The minimum Gasteiger partial charge on any atom is -0.372 e. The van der Waals surface area contributed by atoms with Crippen molar-refractivity contribution in [1.82, 2.24) is 0 Å². The van der Waals surface area contributed by atoms with Gasteiger partial charge in [-0.15, -0.1) is 0 Å². The zero-order valence-electron chi connectivity index (χ0n) is 9.64. The highest BCUT2D eigenvalue weighted by Crippen LogP contribution is 2.33. The van der Waals surface area contributed by atoms with E-state index in [4.69, 9.17) is 4.74 Å². The molecule has 7 heteroatoms. The van der Waals surface area contributed by atoms with Crippen LogP contribution in [0.2, 0.25) is 0 Å². The Morgan fingerprint density at radius 3 is 2.56 bits per heavy atom. The van der Waals surface area contributed by atoms with Crippen molar-refractivity contribution in [2.24, 2.45) is 0 Å². The van der Waals surface area contributed by atoms with E-state index in [1.54, 1.807) is 0 Å². The first kappa shape index (κ1) is 15.0. The van der Waals surface area contributed by atoms with Gasteiger partial charge in [0.15, 0.2) is 0 Å². The SMILES string of the molecule is CO[C@@H](C)C(=O)Nc1cc(C(F)(F)F)ccc1Br. The van der Waals surface area contributed by atoms with Gasteiger partial charge in [-0.05, 0) is 41.1 Å². The fourth-order valence-electron chi connectivity index (χ4n) is 1.14. The molecule has 0 aromatic heterocycles. The number of carbonyl (C=O) groups excluding carboxylic acids is 1. The van der Waals surface area contributed by atoms with Crippen molar-refractivity contribution in [1.29, 1.82) is 0 Å². The Balaban J connectivity index is 2.99. The lowest BCUT2D eigenvalue weighted by Gasteiger charge is -2.14. The Morgan fingerprint density at radius 1 is 1.44 bits per heavy atom. The summed E-state index contributed by atoms with van der Waals surface area (Å²) in [6.45, 7) is 1.50. The number of methoxy groups -OCH3 is 1. The molecule has 0 bridgehead atoms. The second kappa shape index (κ2) is 5.71. The van der Waals surface area contributed by atoms with Gasteiger partial charge >= 0.3 is 6.18 Å². The van der Waals surface area contributed by atoms with Gasteiger partial charge in [-0.25, -0.2) is 0 Å². The van der Waals surface area contributed by atoms with Gasteiger partial charge in [-0.3, -0.25) is 4.79 Å². The zero-order chi connectivity index (χ0) is 13.9. The molecule has 0 unspecified atom stereocenters. The summed E-state index contributed by atoms with van der Waals surface area (Å²) in [5, 5.41) is 2.36. The van der Waals surface area contributed by atoms with E-state index in [0.717, 1.165) is 12.1 Å². The van der Waals surface area contributed by atoms with E-state index >= 15 is 0 Å². The molecule has 1 aromatic rings. The number of anilines is 1. The summed E-state index contributed by atoms with van der Waals surface area (Å²) >= 11 is 3.07. The summed E-state index contributed by atoms with van der Waals surface area (Å²) < 4.78 is 42.7. The van der Waals surface area contributed by atoms with Crippen molar-refractivity contribution in [3.63, 3.8) is 0 Å². The number of nitrogens with one attached hydrogen (secondary N) is 1. The van der Waals surface area contributed by atoms with Crippen LogP contribution in [0.4, 0.5) is 18.9 Å². The lowest BCUT2D eigenvalue weighted by molar-refractivity contribution is -0.137. The molecule has 0 aliphatic heterocycles. The molecule has 0 saturated heterocycles. The van der Waals surface area contributed by atoms with Crippen molar-refractivity contribution < 1.29 is 22.7 Å². The molecule has 1 rings (SSSR count). The fraction of sp³-hybridized carbons (Fsp3) is 0.364. The quantitative estimate of drug-likeness (QED) is 0.924. The van der Waals surface area contributed by atoms with Gasteiger partial charge in [0.1, 0.15) is 6.10 Å². The predicted molar refractivity (Wildman–Crippen MR) is 64.2 cm³/mol. The molecule has 0 spiro atoms. The van der Waals surface area contributed by atoms with Gasteiger partial charge < -0.3 is 10.1 Å². The summed E-state index contributed by atoms with van der Waals surface area (Å²) in [6, 6.07) is 3.03. The van der Waals surface area contributed by atoms with Gasteiger partial charge in [-0.1, -0.05) is 0 Å². The van der Waals surface area contributed by atoms with E-state index in [-0.39, 0.29) is 5.69 Å². The number of amides is 1. The molecule has 0 aliphatic carbocycles. The standard InChI is InChI=1S/C11H11BrF3NO2/c1-6(18-2)10(17)16-9-5-7(11(13,14)15)3-4-8(9)12/h3-6H,1-2H3,(H,16,17)/t6-/m0/s1. The third kappa shape index (κ3) is 3.71. The second-order valence-electron chi connectivity index (χ2n) is 3.56. The Bertz CT molecular complexity index is 448. The average molecular weight is 326 g/mol. The maximum absolute atomic E-state index is 12.5. The highest BCUT2D eigenvalue weighted by Gasteiger charge is 2.31. The van der Waals surface area contributed by atoms with Crippen LogP contribution in [0.5, 0.6) is 0 Å². The lowest BCUT2D eigenvalue weighted by atomic mass is 10.2. The molecule has 0 radical (unpaired) electrons. The van der Waals surface area contributed by atoms with Gasteiger partial charge in [0.25, 0.3) is 5.91 Å². The molecule has 1 N–H and O–H groups in total. The third-order valence-corrected chi connectivity index (χ3v) is 2.97. The zero-order valence-corrected chi connectivity index (χ0v) is 11.2. The number of rotatable bonds is 3. The number of hydrogen-bond acceptors (Lipinski definition) is 2. The van der Waals surface area contributed by atoms with Crippen LogP contribution in [0.3, 0.4) is 0 Å². The summed E-state index contributed by atoms with van der Waals surface area (Å²) in [6.07, 6.45) is -5.20. The normalized spacial score (nSPS) is 13.2. The molecule has 1 amide bonds. The van der Waals surface area contributed by atoms with E-state index in [9.17, 15) is 18.0 Å². The van der Waals surface area contributed by atoms with E-state index in [2.05, 4.69) is 21.2 Å². The molecule has 3 nitrogen and oxygen atoms in total. The molecule has 18 heavy (non-hydrogen) atoms. The van der Waals surface area contributed by atoms with Crippen molar-refractivity contribution in [3.8, 4) is 0 Å². The van der Waals surface area contributed by atoms with E-state index in [1.807, 2.05) is 0 Å².